The van der Waals surface area contributed by atoms with Gasteiger partial charge in [0, 0.05) is 12.0 Å². The Hall–Kier alpha value is -1.28. The highest BCUT2D eigenvalue weighted by Gasteiger charge is 2.32. The molecule has 0 saturated carbocycles. The number of ether oxygens (including phenoxy) is 1. The van der Waals surface area contributed by atoms with Crippen LogP contribution >= 0.6 is 0 Å². The molecule has 0 bridgehead atoms. The maximum Gasteiger partial charge on any atom is 0.124 e. The molecule has 3 aliphatic rings. The topological polar surface area (TPSA) is 12.5 Å². The van der Waals surface area contributed by atoms with Crippen LogP contribution in [0, 0.1) is 5.92 Å². The summed E-state index contributed by atoms with van der Waals surface area (Å²) in [5, 5.41) is 0. The molecule has 0 atom stereocenters. The summed E-state index contributed by atoms with van der Waals surface area (Å²) in [7, 11) is 0. The minimum atomic E-state index is 0.833. The van der Waals surface area contributed by atoms with Crippen molar-refractivity contribution in [2.45, 2.75) is 32.1 Å². The van der Waals surface area contributed by atoms with Gasteiger partial charge in [0.1, 0.15) is 5.75 Å². The van der Waals surface area contributed by atoms with Crippen LogP contribution in [0.15, 0.2) is 29.8 Å². The SMILES string of the molecule is C1=C2CCOc3cc(CCCN4CCCC4)ccc3[C]12. The van der Waals surface area contributed by atoms with Crippen molar-refractivity contribution < 1.29 is 4.74 Å². The van der Waals surface area contributed by atoms with E-state index >= 15 is 0 Å². The van der Waals surface area contributed by atoms with Crippen molar-refractivity contribution in [3.8, 4) is 5.75 Å². The van der Waals surface area contributed by atoms with Crippen LogP contribution in [-0.4, -0.2) is 31.1 Å². The van der Waals surface area contributed by atoms with Crippen LogP contribution in [0.5, 0.6) is 5.75 Å². The maximum atomic E-state index is 5.90. The highest BCUT2D eigenvalue weighted by molar-refractivity contribution is 5.68. The number of nitrogens with zero attached hydrogens (tertiary/aromatic N) is 1. The zero-order valence-corrected chi connectivity index (χ0v) is 12.0. The molecule has 1 aliphatic carbocycles. The molecule has 2 heteroatoms. The van der Waals surface area contributed by atoms with Gasteiger partial charge in [-0.2, -0.15) is 0 Å². The van der Waals surface area contributed by atoms with Crippen molar-refractivity contribution in [3.05, 3.63) is 46.9 Å². The van der Waals surface area contributed by atoms with Gasteiger partial charge >= 0.3 is 0 Å². The van der Waals surface area contributed by atoms with E-state index < -0.39 is 0 Å². The minimum Gasteiger partial charge on any atom is -0.493 e. The molecule has 0 aromatic heterocycles. The molecule has 2 aliphatic heterocycles. The molecular weight excluding hydrogens is 246 g/mol. The molecule has 4 rings (SSSR count). The molecule has 1 aromatic carbocycles. The molecule has 1 fully saturated rings. The van der Waals surface area contributed by atoms with Gasteiger partial charge in [-0.3, -0.25) is 0 Å². The third-order valence-corrected chi connectivity index (χ3v) is 4.68. The summed E-state index contributed by atoms with van der Waals surface area (Å²) >= 11 is 0. The second-order valence-electron chi connectivity index (χ2n) is 6.16. The fourth-order valence-electron chi connectivity index (χ4n) is 3.44. The van der Waals surface area contributed by atoms with Crippen molar-refractivity contribution in [2.75, 3.05) is 26.2 Å². The Morgan fingerprint density at radius 2 is 2.05 bits per heavy atom. The van der Waals surface area contributed by atoms with Gasteiger partial charge in [-0.25, -0.2) is 0 Å². The summed E-state index contributed by atoms with van der Waals surface area (Å²) in [6.07, 6.45) is 8.59. The smallest absolute Gasteiger partial charge is 0.124 e. The molecule has 0 spiro atoms. The van der Waals surface area contributed by atoms with Crippen molar-refractivity contribution in [1.29, 1.82) is 0 Å². The lowest BCUT2D eigenvalue weighted by Crippen LogP contribution is -2.20. The summed E-state index contributed by atoms with van der Waals surface area (Å²) in [6, 6.07) is 6.81. The first-order valence-corrected chi connectivity index (χ1v) is 7.96. The van der Waals surface area contributed by atoms with E-state index in [1.54, 1.807) is 0 Å². The zero-order chi connectivity index (χ0) is 13.4. The van der Waals surface area contributed by atoms with E-state index in [1.165, 1.54) is 67.9 Å². The molecule has 1 saturated heterocycles. The van der Waals surface area contributed by atoms with Crippen LogP contribution in [0.3, 0.4) is 0 Å². The van der Waals surface area contributed by atoms with Gasteiger partial charge in [-0.05, 0) is 56.9 Å². The summed E-state index contributed by atoms with van der Waals surface area (Å²) in [4.78, 5) is 2.59. The van der Waals surface area contributed by atoms with Crippen LogP contribution in [0.25, 0.3) is 0 Å². The molecule has 2 nitrogen and oxygen atoms in total. The maximum absolute atomic E-state index is 5.90. The lowest BCUT2D eigenvalue weighted by Gasteiger charge is -2.15. The quantitative estimate of drug-likeness (QED) is 0.830. The molecule has 1 aromatic rings. The van der Waals surface area contributed by atoms with E-state index in [2.05, 4.69) is 29.2 Å². The predicted octanol–water partition coefficient (Wildman–Crippen LogP) is 3.36. The fourth-order valence-corrected chi connectivity index (χ4v) is 3.44. The Morgan fingerprint density at radius 3 is 2.95 bits per heavy atom. The number of hydrogen-bond donors (Lipinski definition) is 0. The third kappa shape index (κ3) is 2.49. The van der Waals surface area contributed by atoms with E-state index in [0.717, 1.165) is 18.8 Å². The van der Waals surface area contributed by atoms with Crippen LogP contribution in [-0.2, 0) is 6.42 Å². The number of fused-ring (bicyclic) bond motifs is 3. The number of allylic oxidation sites excluding steroid dienone is 1. The number of likely N-dealkylation sites (tertiary alicyclic amines) is 1. The molecule has 2 heterocycles. The Bertz CT molecular complexity index is 528. The molecule has 20 heavy (non-hydrogen) atoms. The highest BCUT2D eigenvalue weighted by atomic mass is 16.5. The lowest BCUT2D eigenvalue weighted by molar-refractivity contribution is 0.324. The van der Waals surface area contributed by atoms with Crippen LogP contribution in [0.1, 0.15) is 36.8 Å². The molecule has 1 radical (unpaired) electrons. The monoisotopic (exact) mass is 268 g/mol. The summed E-state index contributed by atoms with van der Waals surface area (Å²) in [5.74, 6) is 2.53. The van der Waals surface area contributed by atoms with E-state index in [-0.39, 0.29) is 0 Å². The second-order valence-corrected chi connectivity index (χ2v) is 6.16. The van der Waals surface area contributed by atoms with Gasteiger partial charge in [-0.1, -0.05) is 23.8 Å². The summed E-state index contributed by atoms with van der Waals surface area (Å²) < 4.78 is 5.90. The highest BCUT2D eigenvalue weighted by Crippen LogP contribution is 2.46. The van der Waals surface area contributed by atoms with Gasteiger partial charge in [0.15, 0.2) is 0 Å². The number of rotatable bonds is 4. The first-order chi connectivity index (χ1) is 9.90. The molecule has 0 amide bonds. The molecular formula is C18H22NO. The molecule has 0 unspecified atom stereocenters. The van der Waals surface area contributed by atoms with Crippen LogP contribution in [0.2, 0.25) is 0 Å². The third-order valence-electron chi connectivity index (χ3n) is 4.68. The first kappa shape index (κ1) is 12.5. The van der Waals surface area contributed by atoms with E-state index in [1.807, 2.05) is 0 Å². The molecule has 0 N–H and O–H groups in total. The van der Waals surface area contributed by atoms with Gasteiger partial charge in [-0.15, -0.1) is 0 Å². The Kier molecular flexibility index (Phi) is 3.27. The average molecular weight is 268 g/mol. The van der Waals surface area contributed by atoms with Crippen molar-refractivity contribution >= 4 is 0 Å². The summed E-state index contributed by atoms with van der Waals surface area (Å²) in [6.45, 7) is 4.70. The Labute approximate surface area is 121 Å². The fraction of sp³-hybridized carbons (Fsp3) is 0.500. The largest absolute Gasteiger partial charge is 0.493 e. The van der Waals surface area contributed by atoms with Crippen molar-refractivity contribution in [2.24, 2.45) is 0 Å². The van der Waals surface area contributed by atoms with Crippen LogP contribution in [0.4, 0.5) is 0 Å². The van der Waals surface area contributed by atoms with E-state index in [9.17, 15) is 0 Å². The normalized spacial score (nSPS) is 21.7. The number of benzene rings is 1. The van der Waals surface area contributed by atoms with Crippen LogP contribution < -0.4 is 4.74 Å². The number of hydrogen-bond acceptors (Lipinski definition) is 2. The summed E-state index contributed by atoms with van der Waals surface area (Å²) in [5.41, 5.74) is 4.22. The second kappa shape index (κ2) is 5.25. The average Bonchev–Trinajstić information content (AvgIpc) is 3.06. The zero-order valence-electron chi connectivity index (χ0n) is 12.0. The van der Waals surface area contributed by atoms with Crippen molar-refractivity contribution in [3.63, 3.8) is 0 Å². The number of aryl methyl sites for hydroxylation is 1. The van der Waals surface area contributed by atoms with Gasteiger partial charge in [0.05, 0.1) is 12.5 Å². The van der Waals surface area contributed by atoms with Crippen molar-refractivity contribution in [1.82, 2.24) is 4.90 Å². The first-order valence-electron chi connectivity index (χ1n) is 7.96. The van der Waals surface area contributed by atoms with Gasteiger partial charge < -0.3 is 9.64 Å². The minimum absolute atomic E-state index is 0.833. The van der Waals surface area contributed by atoms with E-state index in [0.29, 0.717) is 0 Å². The Morgan fingerprint density at radius 1 is 1.15 bits per heavy atom. The lowest BCUT2D eigenvalue weighted by atomic mass is 10.0. The van der Waals surface area contributed by atoms with Gasteiger partial charge in [0.25, 0.3) is 0 Å². The molecule has 105 valence electrons. The predicted molar refractivity (Wildman–Crippen MR) is 81.0 cm³/mol. The standard InChI is InChI=1S/C18H22NO/c1-2-9-19(8-1)10-3-4-14-5-6-16-17-13-15(17)7-11-20-18(16)12-14/h5-6,12-13H,1-4,7-11H2. The van der Waals surface area contributed by atoms with Gasteiger partial charge in [0.2, 0.25) is 0 Å². The Balaban J connectivity index is 1.38. The van der Waals surface area contributed by atoms with E-state index in [4.69, 9.17) is 4.74 Å².